The van der Waals surface area contributed by atoms with Crippen molar-refractivity contribution in [1.29, 1.82) is 0 Å². The summed E-state index contributed by atoms with van der Waals surface area (Å²) in [5, 5.41) is 14.8. The van der Waals surface area contributed by atoms with Gasteiger partial charge in [0.2, 0.25) is 0 Å². The number of amides is 1. The zero-order valence-electron chi connectivity index (χ0n) is 14.4. The highest BCUT2D eigenvalue weighted by molar-refractivity contribution is 5.98. The van der Waals surface area contributed by atoms with E-state index in [2.05, 4.69) is 5.10 Å². The van der Waals surface area contributed by atoms with Crippen molar-refractivity contribution in [3.8, 4) is 11.5 Å². The van der Waals surface area contributed by atoms with Crippen molar-refractivity contribution >= 4 is 5.91 Å². The van der Waals surface area contributed by atoms with Crippen LogP contribution in [0.25, 0.3) is 0 Å². The standard InChI is InChI=1S/C19H21N3O4/c23-17(12-4-5-12)15-10-13-11-21(6-7-22(13)20-15)19(24)14-2-1-3-16-18(14)26-9-8-25-16/h1-3,10,12,17,23H,4-9,11H2/t17-/m0/s1. The maximum atomic E-state index is 13.1. The Bertz CT molecular complexity index is 858. The molecule has 136 valence electrons. The van der Waals surface area contributed by atoms with Gasteiger partial charge in [0, 0.05) is 6.54 Å². The molecule has 1 N–H and O–H groups in total. The van der Waals surface area contributed by atoms with E-state index in [1.807, 2.05) is 22.9 Å². The number of fused-ring (bicyclic) bond motifs is 2. The molecule has 0 saturated heterocycles. The van der Waals surface area contributed by atoms with Crippen LogP contribution in [0.4, 0.5) is 0 Å². The van der Waals surface area contributed by atoms with E-state index in [9.17, 15) is 9.90 Å². The first-order valence-corrected chi connectivity index (χ1v) is 9.13. The van der Waals surface area contributed by atoms with Gasteiger partial charge in [0.1, 0.15) is 19.3 Å². The Morgan fingerprint density at radius 2 is 2.08 bits per heavy atom. The maximum absolute atomic E-state index is 13.1. The summed E-state index contributed by atoms with van der Waals surface area (Å²) >= 11 is 0. The van der Waals surface area contributed by atoms with E-state index >= 15 is 0 Å². The van der Waals surface area contributed by atoms with Crippen molar-refractivity contribution in [1.82, 2.24) is 14.7 Å². The summed E-state index contributed by atoms with van der Waals surface area (Å²) in [6, 6.07) is 7.35. The normalized spacial score (nSPS) is 19.8. The fourth-order valence-corrected chi connectivity index (χ4v) is 3.67. The average Bonchev–Trinajstić information content (AvgIpc) is 3.44. The molecule has 1 amide bonds. The van der Waals surface area contributed by atoms with Crippen LogP contribution in [0.2, 0.25) is 0 Å². The van der Waals surface area contributed by atoms with Gasteiger partial charge in [-0.25, -0.2) is 0 Å². The van der Waals surface area contributed by atoms with Crippen LogP contribution in [-0.2, 0) is 13.1 Å². The largest absolute Gasteiger partial charge is 0.486 e. The summed E-state index contributed by atoms with van der Waals surface area (Å²) < 4.78 is 13.2. The number of rotatable bonds is 3. The Morgan fingerprint density at radius 3 is 2.92 bits per heavy atom. The van der Waals surface area contributed by atoms with Crippen LogP contribution in [0.1, 0.15) is 40.7 Å². The van der Waals surface area contributed by atoms with E-state index in [4.69, 9.17) is 9.47 Å². The molecule has 7 heteroatoms. The van der Waals surface area contributed by atoms with E-state index in [1.54, 1.807) is 11.0 Å². The number of hydrogen-bond acceptors (Lipinski definition) is 5. The number of hydrogen-bond donors (Lipinski definition) is 1. The van der Waals surface area contributed by atoms with Gasteiger partial charge in [-0.2, -0.15) is 5.10 Å². The molecule has 1 aliphatic carbocycles. The topological polar surface area (TPSA) is 76.8 Å². The molecule has 7 nitrogen and oxygen atoms in total. The third-order valence-corrected chi connectivity index (χ3v) is 5.27. The van der Waals surface area contributed by atoms with Gasteiger partial charge >= 0.3 is 0 Å². The molecule has 3 aliphatic rings. The number of aliphatic hydroxyl groups excluding tert-OH is 1. The quantitative estimate of drug-likeness (QED) is 0.908. The Hall–Kier alpha value is -2.54. The molecule has 5 rings (SSSR count). The van der Waals surface area contributed by atoms with E-state index in [0.29, 0.717) is 55.8 Å². The monoisotopic (exact) mass is 355 g/mol. The smallest absolute Gasteiger partial charge is 0.258 e. The number of aromatic nitrogens is 2. The second-order valence-electron chi connectivity index (χ2n) is 7.12. The Labute approximate surface area is 151 Å². The molecule has 2 aromatic rings. The van der Waals surface area contributed by atoms with Crippen LogP contribution in [0.5, 0.6) is 11.5 Å². The molecule has 0 unspecified atom stereocenters. The van der Waals surface area contributed by atoms with Crippen molar-refractivity contribution < 1.29 is 19.4 Å². The molecular weight excluding hydrogens is 334 g/mol. The highest BCUT2D eigenvalue weighted by Crippen LogP contribution is 2.41. The van der Waals surface area contributed by atoms with Crippen molar-refractivity contribution in [2.75, 3.05) is 19.8 Å². The van der Waals surface area contributed by atoms with Crippen molar-refractivity contribution in [3.05, 3.63) is 41.2 Å². The highest BCUT2D eigenvalue weighted by atomic mass is 16.6. The van der Waals surface area contributed by atoms with Crippen molar-refractivity contribution in [2.45, 2.75) is 32.0 Å². The summed E-state index contributed by atoms with van der Waals surface area (Å²) in [6.07, 6.45) is 1.65. The van der Waals surface area contributed by atoms with Gasteiger partial charge in [-0.15, -0.1) is 0 Å². The third-order valence-electron chi connectivity index (χ3n) is 5.27. The number of carbonyl (C=O) groups is 1. The molecule has 26 heavy (non-hydrogen) atoms. The molecule has 0 bridgehead atoms. The molecule has 1 fully saturated rings. The van der Waals surface area contributed by atoms with Crippen LogP contribution >= 0.6 is 0 Å². The van der Waals surface area contributed by atoms with Gasteiger partial charge in [0.05, 0.1) is 30.0 Å². The minimum Gasteiger partial charge on any atom is -0.486 e. The lowest BCUT2D eigenvalue weighted by Gasteiger charge is -2.29. The van der Waals surface area contributed by atoms with E-state index < -0.39 is 6.10 Å². The Kier molecular flexibility index (Phi) is 3.63. The lowest BCUT2D eigenvalue weighted by atomic mass is 10.1. The molecule has 1 aromatic carbocycles. The van der Waals surface area contributed by atoms with Gasteiger partial charge in [0.15, 0.2) is 11.5 Å². The van der Waals surface area contributed by atoms with Crippen LogP contribution in [-0.4, -0.2) is 45.5 Å². The molecule has 0 spiro atoms. The minimum absolute atomic E-state index is 0.0657. The van der Waals surface area contributed by atoms with Crippen LogP contribution in [0.3, 0.4) is 0 Å². The number of benzene rings is 1. The fraction of sp³-hybridized carbons (Fsp3) is 0.474. The van der Waals surface area contributed by atoms with Crippen LogP contribution in [0, 0.1) is 5.92 Å². The molecule has 3 heterocycles. The molecule has 1 atom stereocenters. The second kappa shape index (κ2) is 6.02. The van der Waals surface area contributed by atoms with Crippen molar-refractivity contribution in [3.63, 3.8) is 0 Å². The number of carbonyl (C=O) groups excluding carboxylic acids is 1. The molecular formula is C19H21N3O4. The first-order chi connectivity index (χ1) is 12.7. The second-order valence-corrected chi connectivity index (χ2v) is 7.12. The Balaban J connectivity index is 1.38. The SMILES string of the molecule is O=C(c1cccc2c1OCCO2)N1CCn2nc([C@@H](O)C3CC3)cc2C1. The van der Waals surface area contributed by atoms with Gasteiger partial charge in [0.25, 0.3) is 5.91 Å². The van der Waals surface area contributed by atoms with Gasteiger partial charge in [-0.1, -0.05) is 6.07 Å². The highest BCUT2D eigenvalue weighted by Gasteiger charge is 2.34. The number of aliphatic hydroxyl groups is 1. The van der Waals surface area contributed by atoms with Crippen LogP contribution in [0.15, 0.2) is 24.3 Å². The average molecular weight is 355 g/mol. The molecule has 2 aliphatic heterocycles. The van der Waals surface area contributed by atoms with E-state index in [-0.39, 0.29) is 5.91 Å². The minimum atomic E-state index is -0.482. The van der Waals surface area contributed by atoms with E-state index in [1.165, 1.54) is 0 Å². The number of nitrogens with zero attached hydrogens (tertiary/aromatic N) is 3. The summed E-state index contributed by atoms with van der Waals surface area (Å²) in [7, 11) is 0. The third kappa shape index (κ3) is 2.63. The number of ether oxygens (including phenoxy) is 2. The predicted molar refractivity (Wildman–Crippen MR) is 92.1 cm³/mol. The maximum Gasteiger partial charge on any atom is 0.258 e. The molecule has 1 aromatic heterocycles. The summed E-state index contributed by atoms with van der Waals surface area (Å²) in [4.78, 5) is 14.9. The van der Waals surface area contributed by atoms with Gasteiger partial charge in [-0.05, 0) is 37.0 Å². The zero-order chi connectivity index (χ0) is 17.7. The molecule has 1 saturated carbocycles. The van der Waals surface area contributed by atoms with Gasteiger partial charge < -0.3 is 19.5 Å². The van der Waals surface area contributed by atoms with E-state index in [0.717, 1.165) is 24.2 Å². The summed E-state index contributed by atoms with van der Waals surface area (Å²) in [6.45, 7) is 2.64. The zero-order valence-corrected chi connectivity index (χ0v) is 14.4. The fourth-order valence-electron chi connectivity index (χ4n) is 3.67. The Morgan fingerprint density at radius 1 is 1.23 bits per heavy atom. The predicted octanol–water partition coefficient (Wildman–Crippen LogP) is 1.75. The first-order valence-electron chi connectivity index (χ1n) is 9.13. The summed E-state index contributed by atoms with van der Waals surface area (Å²) in [5.41, 5.74) is 2.22. The lowest BCUT2D eigenvalue weighted by molar-refractivity contribution is 0.0695. The first kappa shape index (κ1) is 15.7. The van der Waals surface area contributed by atoms with Crippen molar-refractivity contribution in [2.24, 2.45) is 5.92 Å². The molecule has 0 radical (unpaired) electrons. The van der Waals surface area contributed by atoms with Gasteiger partial charge in [-0.3, -0.25) is 9.48 Å². The lowest BCUT2D eigenvalue weighted by Crippen LogP contribution is -2.38. The summed E-state index contributed by atoms with van der Waals surface area (Å²) in [5.74, 6) is 1.44. The van der Waals surface area contributed by atoms with Crippen LogP contribution < -0.4 is 9.47 Å². The number of para-hydroxylation sites is 1.